The van der Waals surface area contributed by atoms with Crippen LogP contribution in [0.25, 0.3) is 0 Å². The number of hydrogen-bond acceptors (Lipinski definition) is 1. The molecule has 0 radical (unpaired) electrons. The molecular formula is C10H19N. The van der Waals surface area contributed by atoms with Crippen molar-refractivity contribution in [1.29, 1.82) is 0 Å². The maximum atomic E-state index is 4.04. The molecule has 0 heterocycles. The molecule has 0 rings (SSSR count). The van der Waals surface area contributed by atoms with Gasteiger partial charge in [0, 0.05) is 7.05 Å². The lowest BCUT2D eigenvalue weighted by molar-refractivity contribution is 0.512. The molecule has 0 aromatic rings. The molecule has 0 bridgehead atoms. The van der Waals surface area contributed by atoms with Gasteiger partial charge < -0.3 is 5.32 Å². The molecule has 0 aromatic heterocycles. The van der Waals surface area contributed by atoms with Crippen LogP contribution in [0.3, 0.4) is 0 Å². The summed E-state index contributed by atoms with van der Waals surface area (Å²) in [6.07, 6.45) is 1.98. The highest BCUT2D eigenvalue weighted by Gasteiger charge is 2.15. The lowest BCUT2D eigenvalue weighted by Crippen LogP contribution is -2.10. The third-order valence-corrected chi connectivity index (χ3v) is 1.74. The molecule has 1 heteroatoms. The molecule has 1 nitrogen and oxygen atoms in total. The fourth-order valence-electron chi connectivity index (χ4n) is 0.895. The monoisotopic (exact) mass is 153 g/mol. The van der Waals surface area contributed by atoms with Crippen LogP contribution in [0.2, 0.25) is 0 Å². The van der Waals surface area contributed by atoms with Crippen LogP contribution in [0.4, 0.5) is 0 Å². The Morgan fingerprint density at radius 3 is 2.09 bits per heavy atom. The first-order valence-corrected chi connectivity index (χ1v) is 3.93. The van der Waals surface area contributed by atoms with Gasteiger partial charge in [0.15, 0.2) is 0 Å². The predicted molar refractivity (Wildman–Crippen MR) is 51.4 cm³/mol. The molecule has 0 aliphatic heterocycles. The third-order valence-electron chi connectivity index (χ3n) is 1.74. The molecule has 0 aromatic carbocycles. The summed E-state index contributed by atoms with van der Waals surface area (Å²) in [6.45, 7) is 12.6. The van der Waals surface area contributed by atoms with Gasteiger partial charge in [0.25, 0.3) is 0 Å². The van der Waals surface area contributed by atoms with E-state index in [1.165, 1.54) is 11.1 Å². The zero-order valence-electron chi connectivity index (χ0n) is 8.28. The van der Waals surface area contributed by atoms with Crippen LogP contribution >= 0.6 is 0 Å². The second-order valence-corrected chi connectivity index (χ2v) is 3.84. The minimum absolute atomic E-state index is 0.178. The van der Waals surface area contributed by atoms with Crippen molar-refractivity contribution in [2.45, 2.75) is 27.7 Å². The summed E-state index contributed by atoms with van der Waals surface area (Å²) in [5.74, 6) is 0. The van der Waals surface area contributed by atoms with Gasteiger partial charge in [-0.05, 0) is 29.7 Å². The van der Waals surface area contributed by atoms with Crippen molar-refractivity contribution in [3.8, 4) is 0 Å². The van der Waals surface area contributed by atoms with E-state index in [-0.39, 0.29) is 5.41 Å². The molecule has 1 N–H and O–H groups in total. The zero-order chi connectivity index (χ0) is 9.07. The average molecular weight is 153 g/mol. The Bertz CT molecular complexity index is 170. The van der Waals surface area contributed by atoms with Crippen LogP contribution in [0.5, 0.6) is 0 Å². The average Bonchev–Trinajstić information content (AvgIpc) is 1.85. The first-order chi connectivity index (χ1) is 4.89. The molecular weight excluding hydrogens is 134 g/mol. The van der Waals surface area contributed by atoms with E-state index in [2.05, 4.69) is 39.6 Å². The molecule has 0 atom stereocenters. The second kappa shape index (κ2) is 3.61. The maximum Gasteiger partial charge on any atom is 0.00278 e. The van der Waals surface area contributed by atoms with Crippen molar-refractivity contribution in [3.05, 3.63) is 23.9 Å². The van der Waals surface area contributed by atoms with E-state index in [4.69, 9.17) is 0 Å². The van der Waals surface area contributed by atoms with Gasteiger partial charge in [0.05, 0.1) is 0 Å². The molecule has 0 saturated carbocycles. The summed E-state index contributed by atoms with van der Waals surface area (Å²) in [6, 6.07) is 0. The molecule has 11 heavy (non-hydrogen) atoms. The maximum absolute atomic E-state index is 4.04. The lowest BCUT2D eigenvalue weighted by atomic mass is 9.84. The Kier molecular flexibility index (Phi) is 3.37. The SMILES string of the molecule is C=C(/C(C)=C\NC)C(C)(C)C. The van der Waals surface area contributed by atoms with Crippen LogP contribution in [-0.2, 0) is 0 Å². The Labute approximate surface area is 70.2 Å². The fourth-order valence-corrected chi connectivity index (χ4v) is 0.895. The summed E-state index contributed by atoms with van der Waals surface area (Å²) in [5, 5.41) is 3.00. The van der Waals surface area contributed by atoms with Crippen molar-refractivity contribution in [1.82, 2.24) is 5.32 Å². The normalized spacial score (nSPS) is 13.0. The van der Waals surface area contributed by atoms with Crippen LogP contribution in [0.1, 0.15) is 27.7 Å². The minimum atomic E-state index is 0.178. The summed E-state index contributed by atoms with van der Waals surface area (Å²) in [4.78, 5) is 0. The predicted octanol–water partition coefficient (Wildman–Crippen LogP) is 2.71. The molecule has 0 unspecified atom stereocenters. The minimum Gasteiger partial charge on any atom is -0.394 e. The van der Waals surface area contributed by atoms with Crippen molar-refractivity contribution in [2.24, 2.45) is 5.41 Å². The van der Waals surface area contributed by atoms with Gasteiger partial charge in [0.2, 0.25) is 0 Å². The number of hydrogen-bond donors (Lipinski definition) is 1. The Balaban J connectivity index is 4.39. The van der Waals surface area contributed by atoms with E-state index < -0.39 is 0 Å². The van der Waals surface area contributed by atoms with Crippen LogP contribution in [0, 0.1) is 5.41 Å². The molecule has 0 aliphatic carbocycles. The van der Waals surface area contributed by atoms with Crippen LogP contribution in [0.15, 0.2) is 23.9 Å². The molecule has 0 fully saturated rings. The first kappa shape index (κ1) is 10.3. The first-order valence-electron chi connectivity index (χ1n) is 3.93. The topological polar surface area (TPSA) is 12.0 Å². The number of rotatable bonds is 2. The van der Waals surface area contributed by atoms with Crippen LogP contribution in [-0.4, -0.2) is 7.05 Å². The third kappa shape index (κ3) is 3.26. The Hall–Kier alpha value is -0.720. The van der Waals surface area contributed by atoms with Crippen LogP contribution < -0.4 is 5.32 Å². The highest BCUT2D eigenvalue weighted by Crippen LogP contribution is 2.28. The van der Waals surface area contributed by atoms with E-state index in [1.54, 1.807) is 0 Å². The van der Waals surface area contributed by atoms with Gasteiger partial charge in [-0.3, -0.25) is 0 Å². The number of allylic oxidation sites excluding steroid dienone is 2. The molecule has 0 amide bonds. The van der Waals surface area contributed by atoms with Gasteiger partial charge in [-0.25, -0.2) is 0 Å². The second-order valence-electron chi connectivity index (χ2n) is 3.84. The molecule has 0 saturated heterocycles. The van der Waals surface area contributed by atoms with E-state index in [9.17, 15) is 0 Å². The molecule has 64 valence electrons. The van der Waals surface area contributed by atoms with Gasteiger partial charge >= 0.3 is 0 Å². The van der Waals surface area contributed by atoms with E-state index in [0.717, 1.165) is 0 Å². The van der Waals surface area contributed by atoms with Crippen molar-refractivity contribution < 1.29 is 0 Å². The Morgan fingerprint density at radius 2 is 1.82 bits per heavy atom. The van der Waals surface area contributed by atoms with E-state index in [1.807, 2.05) is 13.2 Å². The molecule has 0 aliphatic rings. The standard InChI is InChI=1S/C10H19N/c1-8(7-11-6)9(2)10(3,4)5/h7,11H,2H2,1,3-6H3/b8-7-. The van der Waals surface area contributed by atoms with Gasteiger partial charge in [-0.1, -0.05) is 27.4 Å². The van der Waals surface area contributed by atoms with E-state index >= 15 is 0 Å². The summed E-state index contributed by atoms with van der Waals surface area (Å²) < 4.78 is 0. The summed E-state index contributed by atoms with van der Waals surface area (Å²) >= 11 is 0. The lowest BCUT2D eigenvalue weighted by Gasteiger charge is -2.22. The fraction of sp³-hybridized carbons (Fsp3) is 0.600. The highest BCUT2D eigenvalue weighted by molar-refractivity contribution is 5.30. The zero-order valence-corrected chi connectivity index (χ0v) is 8.28. The smallest absolute Gasteiger partial charge is 0.00278 e. The van der Waals surface area contributed by atoms with Gasteiger partial charge in [-0.2, -0.15) is 0 Å². The summed E-state index contributed by atoms with van der Waals surface area (Å²) in [7, 11) is 1.90. The van der Waals surface area contributed by atoms with Gasteiger partial charge in [-0.15, -0.1) is 0 Å². The quantitative estimate of drug-likeness (QED) is 0.601. The van der Waals surface area contributed by atoms with Crippen molar-refractivity contribution in [3.63, 3.8) is 0 Å². The van der Waals surface area contributed by atoms with Crippen molar-refractivity contribution in [2.75, 3.05) is 7.05 Å². The Morgan fingerprint density at radius 1 is 1.36 bits per heavy atom. The highest BCUT2D eigenvalue weighted by atomic mass is 14.8. The number of nitrogens with one attached hydrogen (secondary N) is 1. The molecule has 0 spiro atoms. The van der Waals surface area contributed by atoms with E-state index in [0.29, 0.717) is 0 Å². The van der Waals surface area contributed by atoms with Crippen molar-refractivity contribution >= 4 is 0 Å². The van der Waals surface area contributed by atoms with Gasteiger partial charge in [0.1, 0.15) is 0 Å². The summed E-state index contributed by atoms with van der Waals surface area (Å²) in [5.41, 5.74) is 2.59. The largest absolute Gasteiger partial charge is 0.394 e.